The summed E-state index contributed by atoms with van der Waals surface area (Å²) in [5.41, 5.74) is 1.68. The van der Waals surface area contributed by atoms with E-state index in [0.717, 1.165) is 15.7 Å². The highest BCUT2D eigenvalue weighted by atomic mass is 79.9. The fraction of sp³-hybridized carbons (Fsp3) is 0.167. The monoisotopic (exact) mass is 428 g/mol. The summed E-state index contributed by atoms with van der Waals surface area (Å²) in [5.74, 6) is 0.762. The van der Waals surface area contributed by atoms with Crippen LogP contribution < -0.4 is 10.2 Å². The lowest BCUT2D eigenvalue weighted by atomic mass is 10.2. The van der Waals surface area contributed by atoms with E-state index in [2.05, 4.69) is 36.2 Å². The van der Waals surface area contributed by atoms with Crippen LogP contribution in [-0.4, -0.2) is 26.4 Å². The van der Waals surface area contributed by atoms with Crippen molar-refractivity contribution in [2.75, 3.05) is 16.8 Å². The Bertz CT molecular complexity index is 964. The molecule has 0 aliphatic carbocycles. The Balaban J connectivity index is 2.07. The van der Waals surface area contributed by atoms with Crippen molar-refractivity contribution >= 4 is 44.8 Å². The van der Waals surface area contributed by atoms with Gasteiger partial charge in [-0.15, -0.1) is 0 Å². The fourth-order valence-corrected chi connectivity index (χ4v) is 2.88. The van der Waals surface area contributed by atoms with Crippen molar-refractivity contribution in [3.63, 3.8) is 0 Å². The summed E-state index contributed by atoms with van der Waals surface area (Å²) in [6.45, 7) is 4.40. The number of halogens is 1. The largest absolute Gasteiger partial charge is 0.354 e. The van der Waals surface area contributed by atoms with E-state index in [1.807, 2.05) is 38.1 Å². The first kappa shape index (κ1) is 18.7. The Labute approximate surface area is 164 Å². The van der Waals surface area contributed by atoms with Crippen LogP contribution >= 0.6 is 15.9 Å². The molecule has 3 aromatic rings. The molecule has 0 radical (unpaired) electrons. The number of aromatic nitrogens is 3. The van der Waals surface area contributed by atoms with Crippen LogP contribution in [0, 0.1) is 17.0 Å². The first-order valence-corrected chi connectivity index (χ1v) is 9.01. The average Bonchev–Trinajstić information content (AvgIpc) is 2.64. The minimum atomic E-state index is -0.477. The topological polar surface area (TPSA) is 97.1 Å². The third-order valence-electron chi connectivity index (χ3n) is 3.84. The van der Waals surface area contributed by atoms with Crippen LogP contribution in [0.4, 0.5) is 28.8 Å². The third-order valence-corrected chi connectivity index (χ3v) is 4.31. The van der Waals surface area contributed by atoms with Gasteiger partial charge in [0.1, 0.15) is 12.1 Å². The SMILES string of the molecule is CCN(c1cccc(C)c1)c1ncnc(Nc2ccc(Br)cn2)c1[N+](=O)[O-]. The summed E-state index contributed by atoms with van der Waals surface area (Å²) in [6.07, 6.45) is 2.91. The minimum absolute atomic E-state index is 0.0888. The molecule has 2 aromatic heterocycles. The zero-order valence-electron chi connectivity index (χ0n) is 14.8. The normalized spacial score (nSPS) is 10.5. The van der Waals surface area contributed by atoms with E-state index in [9.17, 15) is 10.1 Å². The molecule has 0 saturated carbocycles. The second kappa shape index (κ2) is 8.09. The van der Waals surface area contributed by atoms with Gasteiger partial charge in [-0.3, -0.25) is 10.1 Å². The number of nitrogens with one attached hydrogen (secondary N) is 1. The molecule has 1 aromatic carbocycles. The Morgan fingerprint density at radius 2 is 2.04 bits per heavy atom. The van der Waals surface area contributed by atoms with Gasteiger partial charge in [-0.05, 0) is 59.6 Å². The number of rotatable bonds is 6. The van der Waals surface area contributed by atoms with Crippen molar-refractivity contribution in [2.45, 2.75) is 13.8 Å². The molecule has 8 nitrogen and oxygen atoms in total. The van der Waals surface area contributed by atoms with E-state index in [0.29, 0.717) is 12.4 Å². The maximum atomic E-state index is 11.8. The molecule has 0 atom stereocenters. The lowest BCUT2D eigenvalue weighted by molar-refractivity contribution is -0.383. The number of aryl methyl sites for hydroxylation is 1. The maximum absolute atomic E-state index is 11.8. The molecular formula is C18H17BrN6O2. The standard InChI is InChI=1S/C18H17BrN6O2/c1-3-24(14-6-4-5-12(2)9-14)18-16(25(26)27)17(21-11-22-18)23-15-8-7-13(19)10-20-15/h4-11H,3H2,1-2H3,(H,20,21,22,23). The van der Waals surface area contributed by atoms with Crippen LogP contribution in [0.2, 0.25) is 0 Å². The van der Waals surface area contributed by atoms with Gasteiger partial charge in [0.2, 0.25) is 11.6 Å². The highest BCUT2D eigenvalue weighted by Crippen LogP contribution is 2.36. The molecular weight excluding hydrogens is 412 g/mol. The molecule has 0 saturated heterocycles. The number of pyridine rings is 1. The molecule has 3 rings (SSSR count). The van der Waals surface area contributed by atoms with Gasteiger partial charge in [-0.2, -0.15) is 0 Å². The zero-order valence-corrected chi connectivity index (χ0v) is 16.3. The Kier molecular flexibility index (Phi) is 5.60. The summed E-state index contributed by atoms with van der Waals surface area (Å²) >= 11 is 3.31. The van der Waals surface area contributed by atoms with Gasteiger partial charge >= 0.3 is 5.69 Å². The zero-order chi connectivity index (χ0) is 19.4. The Morgan fingerprint density at radius 3 is 2.67 bits per heavy atom. The van der Waals surface area contributed by atoms with Crippen molar-refractivity contribution in [3.05, 3.63) is 69.1 Å². The van der Waals surface area contributed by atoms with Crippen LogP contribution in [0.15, 0.2) is 53.4 Å². The number of anilines is 4. The van der Waals surface area contributed by atoms with E-state index in [1.165, 1.54) is 6.33 Å². The minimum Gasteiger partial charge on any atom is -0.321 e. The summed E-state index contributed by atoms with van der Waals surface area (Å²) < 4.78 is 0.808. The van der Waals surface area contributed by atoms with Crippen LogP contribution in [-0.2, 0) is 0 Å². The van der Waals surface area contributed by atoms with Gasteiger partial charge in [0.05, 0.1) is 4.92 Å². The first-order chi connectivity index (χ1) is 13.0. The van der Waals surface area contributed by atoms with Gasteiger partial charge in [-0.25, -0.2) is 15.0 Å². The van der Waals surface area contributed by atoms with Crippen molar-refractivity contribution in [3.8, 4) is 0 Å². The van der Waals surface area contributed by atoms with Gasteiger partial charge in [-0.1, -0.05) is 12.1 Å². The van der Waals surface area contributed by atoms with Crippen LogP contribution in [0.3, 0.4) is 0 Å². The number of benzene rings is 1. The number of nitro groups is 1. The van der Waals surface area contributed by atoms with E-state index in [-0.39, 0.29) is 17.3 Å². The smallest absolute Gasteiger partial charge is 0.321 e. The fourth-order valence-electron chi connectivity index (χ4n) is 2.65. The maximum Gasteiger partial charge on any atom is 0.354 e. The second-order valence-electron chi connectivity index (χ2n) is 5.72. The summed E-state index contributed by atoms with van der Waals surface area (Å²) in [7, 11) is 0. The third kappa shape index (κ3) is 4.20. The molecule has 0 amide bonds. The predicted octanol–water partition coefficient (Wildman–Crippen LogP) is 4.75. The Morgan fingerprint density at radius 1 is 1.22 bits per heavy atom. The number of hydrogen-bond acceptors (Lipinski definition) is 7. The number of hydrogen-bond donors (Lipinski definition) is 1. The van der Waals surface area contributed by atoms with Crippen LogP contribution in [0.5, 0.6) is 0 Å². The van der Waals surface area contributed by atoms with Crippen molar-refractivity contribution < 1.29 is 4.92 Å². The molecule has 27 heavy (non-hydrogen) atoms. The van der Waals surface area contributed by atoms with Gasteiger partial charge < -0.3 is 10.2 Å². The van der Waals surface area contributed by atoms with Gasteiger partial charge in [0.15, 0.2) is 0 Å². The Hall–Kier alpha value is -3.07. The summed E-state index contributed by atoms with van der Waals surface area (Å²) in [6, 6.07) is 11.2. The predicted molar refractivity (Wildman–Crippen MR) is 108 cm³/mol. The van der Waals surface area contributed by atoms with E-state index >= 15 is 0 Å². The molecule has 0 bridgehead atoms. The molecule has 2 heterocycles. The highest BCUT2D eigenvalue weighted by molar-refractivity contribution is 9.10. The molecule has 138 valence electrons. The van der Waals surface area contributed by atoms with E-state index < -0.39 is 4.92 Å². The molecule has 0 spiro atoms. The lowest BCUT2D eigenvalue weighted by Gasteiger charge is -2.22. The van der Waals surface area contributed by atoms with Crippen molar-refractivity contribution in [2.24, 2.45) is 0 Å². The van der Waals surface area contributed by atoms with Gasteiger partial charge in [0.25, 0.3) is 0 Å². The molecule has 0 unspecified atom stereocenters. The molecule has 9 heteroatoms. The van der Waals surface area contributed by atoms with Crippen LogP contribution in [0.25, 0.3) is 0 Å². The quantitative estimate of drug-likeness (QED) is 0.446. The van der Waals surface area contributed by atoms with Gasteiger partial charge in [0, 0.05) is 22.9 Å². The average molecular weight is 429 g/mol. The highest BCUT2D eigenvalue weighted by Gasteiger charge is 2.27. The molecule has 0 fully saturated rings. The van der Waals surface area contributed by atoms with Crippen molar-refractivity contribution in [1.29, 1.82) is 0 Å². The molecule has 0 aliphatic heterocycles. The molecule has 0 aliphatic rings. The van der Waals surface area contributed by atoms with E-state index in [4.69, 9.17) is 0 Å². The number of nitrogens with zero attached hydrogens (tertiary/aromatic N) is 5. The van der Waals surface area contributed by atoms with Crippen molar-refractivity contribution in [1.82, 2.24) is 15.0 Å². The lowest BCUT2D eigenvalue weighted by Crippen LogP contribution is -2.20. The first-order valence-electron chi connectivity index (χ1n) is 8.21. The summed E-state index contributed by atoms with van der Waals surface area (Å²) in [4.78, 5) is 25.6. The van der Waals surface area contributed by atoms with E-state index in [1.54, 1.807) is 23.2 Å². The van der Waals surface area contributed by atoms with Crippen LogP contribution in [0.1, 0.15) is 12.5 Å². The second-order valence-corrected chi connectivity index (χ2v) is 6.64. The summed E-state index contributed by atoms with van der Waals surface area (Å²) in [5, 5.41) is 14.7. The molecule has 1 N–H and O–H groups in total.